The summed E-state index contributed by atoms with van der Waals surface area (Å²) in [6.07, 6.45) is 14.6. The second-order valence-electron chi connectivity index (χ2n) is 9.41. The fourth-order valence-corrected chi connectivity index (χ4v) is 5.75. The number of urea groups is 1. The molecule has 0 bridgehead atoms. The number of nitrogens with zero attached hydrogens (tertiary/aromatic N) is 4. The van der Waals surface area contributed by atoms with Crippen molar-refractivity contribution in [2.75, 3.05) is 49.5 Å². The van der Waals surface area contributed by atoms with Gasteiger partial charge in [-0.15, -0.1) is 0 Å². The molecule has 5 rings (SSSR count). The van der Waals surface area contributed by atoms with E-state index in [4.69, 9.17) is 0 Å². The summed E-state index contributed by atoms with van der Waals surface area (Å²) in [6, 6.07) is 4.86. The number of allylic oxidation sites excluding steroid dienone is 1. The van der Waals surface area contributed by atoms with Crippen LogP contribution in [0.15, 0.2) is 30.0 Å². The summed E-state index contributed by atoms with van der Waals surface area (Å²) < 4.78 is 0. The number of carbonyl (C=O) groups is 1. The van der Waals surface area contributed by atoms with Crippen LogP contribution in [0.3, 0.4) is 0 Å². The Hall–Kier alpha value is -2.08. The molecule has 1 aromatic rings. The van der Waals surface area contributed by atoms with Crippen LogP contribution in [0.1, 0.15) is 51.4 Å². The molecule has 162 valence electrons. The molecule has 2 saturated heterocycles. The standard InChI is InChI=1S/C24H35N5O/c30-24(29-12-11-19-5-1-2-6-20(19)18-29)26-21-9-10-23(25-17-21)28-15-13-27(14-16-28)22-7-3-4-8-22/h6,9-10,17,19,22H,1-5,7-8,11-16,18H2,(H,26,30). The van der Waals surface area contributed by atoms with Crippen molar-refractivity contribution in [2.24, 2.45) is 5.92 Å². The molecule has 1 N–H and O–H groups in total. The molecule has 4 aliphatic rings. The van der Waals surface area contributed by atoms with Crippen LogP contribution in [0.25, 0.3) is 0 Å². The Kier molecular flexibility index (Phi) is 5.93. The molecule has 6 heteroatoms. The minimum absolute atomic E-state index is 0.000323. The van der Waals surface area contributed by atoms with Crippen LogP contribution in [0.2, 0.25) is 0 Å². The molecular formula is C24H35N5O. The predicted molar refractivity (Wildman–Crippen MR) is 121 cm³/mol. The number of hydrogen-bond acceptors (Lipinski definition) is 4. The monoisotopic (exact) mass is 409 g/mol. The largest absolute Gasteiger partial charge is 0.354 e. The first-order chi connectivity index (χ1) is 14.8. The second kappa shape index (κ2) is 8.96. The Morgan fingerprint density at radius 3 is 2.57 bits per heavy atom. The number of hydrogen-bond donors (Lipinski definition) is 1. The van der Waals surface area contributed by atoms with Crippen LogP contribution < -0.4 is 10.2 Å². The summed E-state index contributed by atoms with van der Waals surface area (Å²) in [5.41, 5.74) is 2.25. The van der Waals surface area contributed by atoms with Crippen molar-refractivity contribution in [1.29, 1.82) is 0 Å². The van der Waals surface area contributed by atoms with E-state index >= 15 is 0 Å². The van der Waals surface area contributed by atoms with Crippen LogP contribution in [0, 0.1) is 5.92 Å². The fraction of sp³-hybridized carbons (Fsp3) is 0.667. The van der Waals surface area contributed by atoms with Gasteiger partial charge < -0.3 is 15.1 Å². The van der Waals surface area contributed by atoms with Crippen molar-refractivity contribution in [2.45, 2.75) is 57.4 Å². The first kappa shape index (κ1) is 19.9. The first-order valence-corrected chi connectivity index (χ1v) is 12.0. The summed E-state index contributed by atoms with van der Waals surface area (Å²) in [6.45, 7) is 5.99. The maximum atomic E-state index is 12.7. The Labute approximate surface area is 180 Å². The summed E-state index contributed by atoms with van der Waals surface area (Å²) >= 11 is 0. The highest BCUT2D eigenvalue weighted by atomic mass is 16.2. The minimum Gasteiger partial charge on any atom is -0.354 e. The van der Waals surface area contributed by atoms with E-state index in [1.165, 1.54) is 50.5 Å². The van der Waals surface area contributed by atoms with E-state index < -0.39 is 0 Å². The quantitative estimate of drug-likeness (QED) is 0.764. The number of piperazine rings is 1. The average Bonchev–Trinajstić information content (AvgIpc) is 3.34. The maximum Gasteiger partial charge on any atom is 0.322 e. The molecule has 2 amide bonds. The normalized spacial score (nSPS) is 25.7. The number of anilines is 2. The summed E-state index contributed by atoms with van der Waals surface area (Å²) in [4.78, 5) is 24.4. The van der Waals surface area contributed by atoms with Gasteiger partial charge in [-0.05, 0) is 56.6 Å². The van der Waals surface area contributed by atoms with Gasteiger partial charge in [0.05, 0.1) is 11.9 Å². The lowest BCUT2D eigenvalue weighted by Gasteiger charge is -2.38. The van der Waals surface area contributed by atoms with Crippen molar-refractivity contribution < 1.29 is 4.79 Å². The van der Waals surface area contributed by atoms with Gasteiger partial charge in [-0.3, -0.25) is 4.90 Å². The number of amides is 2. The lowest BCUT2D eigenvalue weighted by atomic mass is 9.82. The molecule has 1 saturated carbocycles. The van der Waals surface area contributed by atoms with Crippen molar-refractivity contribution in [3.05, 3.63) is 30.0 Å². The third-order valence-electron chi connectivity index (χ3n) is 7.57. The molecule has 30 heavy (non-hydrogen) atoms. The van der Waals surface area contributed by atoms with Gasteiger partial charge in [0.2, 0.25) is 0 Å². The number of likely N-dealkylation sites (tertiary alicyclic amines) is 1. The SMILES string of the molecule is O=C(Nc1ccc(N2CCN(C3CCCC3)CC2)nc1)N1CCC2CCCC=C2C1. The zero-order valence-electron chi connectivity index (χ0n) is 18.1. The highest BCUT2D eigenvalue weighted by Crippen LogP contribution is 2.32. The predicted octanol–water partition coefficient (Wildman–Crippen LogP) is 4.11. The molecule has 2 aliphatic heterocycles. The Balaban J connectivity index is 1.13. The van der Waals surface area contributed by atoms with Crippen LogP contribution in [-0.4, -0.2) is 66.1 Å². The molecule has 0 aromatic carbocycles. The van der Waals surface area contributed by atoms with Crippen LogP contribution in [-0.2, 0) is 0 Å². The highest BCUT2D eigenvalue weighted by Gasteiger charge is 2.28. The van der Waals surface area contributed by atoms with Crippen molar-refractivity contribution in [3.8, 4) is 0 Å². The van der Waals surface area contributed by atoms with E-state index in [2.05, 4.69) is 32.2 Å². The molecule has 2 aliphatic carbocycles. The molecule has 0 radical (unpaired) electrons. The maximum absolute atomic E-state index is 12.7. The van der Waals surface area contributed by atoms with Gasteiger partial charge in [0.15, 0.2) is 0 Å². The van der Waals surface area contributed by atoms with Crippen molar-refractivity contribution in [3.63, 3.8) is 0 Å². The number of nitrogens with one attached hydrogen (secondary N) is 1. The molecule has 0 spiro atoms. The third kappa shape index (κ3) is 4.34. The van der Waals surface area contributed by atoms with Gasteiger partial charge in [0.25, 0.3) is 0 Å². The zero-order chi connectivity index (χ0) is 20.3. The van der Waals surface area contributed by atoms with E-state index in [1.807, 2.05) is 17.2 Å². The number of pyridine rings is 1. The van der Waals surface area contributed by atoms with E-state index in [0.717, 1.165) is 63.2 Å². The molecular weight excluding hydrogens is 374 g/mol. The summed E-state index contributed by atoms with van der Waals surface area (Å²) in [7, 11) is 0. The van der Waals surface area contributed by atoms with Gasteiger partial charge in [0.1, 0.15) is 5.82 Å². The van der Waals surface area contributed by atoms with Gasteiger partial charge in [-0.1, -0.05) is 24.5 Å². The lowest BCUT2D eigenvalue weighted by Crippen LogP contribution is -2.50. The average molecular weight is 410 g/mol. The highest BCUT2D eigenvalue weighted by molar-refractivity contribution is 5.89. The Bertz CT molecular complexity index is 762. The van der Waals surface area contributed by atoms with Gasteiger partial charge >= 0.3 is 6.03 Å². The van der Waals surface area contributed by atoms with E-state index in [9.17, 15) is 4.79 Å². The van der Waals surface area contributed by atoms with E-state index in [0.29, 0.717) is 5.92 Å². The first-order valence-electron chi connectivity index (χ1n) is 12.0. The third-order valence-corrected chi connectivity index (χ3v) is 7.57. The fourth-order valence-electron chi connectivity index (χ4n) is 5.75. The zero-order valence-corrected chi connectivity index (χ0v) is 18.1. The number of piperidine rings is 1. The molecule has 1 aromatic heterocycles. The summed E-state index contributed by atoms with van der Waals surface area (Å²) in [5.74, 6) is 1.73. The van der Waals surface area contributed by atoms with Crippen LogP contribution in [0.4, 0.5) is 16.3 Å². The number of carbonyl (C=O) groups excluding carboxylic acids is 1. The molecule has 1 unspecified atom stereocenters. The van der Waals surface area contributed by atoms with Crippen LogP contribution >= 0.6 is 0 Å². The Morgan fingerprint density at radius 2 is 1.80 bits per heavy atom. The molecule has 6 nitrogen and oxygen atoms in total. The smallest absolute Gasteiger partial charge is 0.322 e. The molecule has 3 heterocycles. The van der Waals surface area contributed by atoms with Crippen molar-refractivity contribution >= 4 is 17.5 Å². The molecule has 3 fully saturated rings. The topological polar surface area (TPSA) is 51.7 Å². The molecule has 1 atom stereocenters. The lowest BCUT2D eigenvalue weighted by molar-refractivity contribution is 0.187. The minimum atomic E-state index is -0.000323. The van der Waals surface area contributed by atoms with Crippen LogP contribution in [0.5, 0.6) is 0 Å². The van der Waals surface area contributed by atoms with E-state index in [-0.39, 0.29) is 6.03 Å². The van der Waals surface area contributed by atoms with Gasteiger partial charge in [-0.25, -0.2) is 9.78 Å². The Morgan fingerprint density at radius 1 is 0.967 bits per heavy atom. The second-order valence-corrected chi connectivity index (χ2v) is 9.41. The van der Waals surface area contributed by atoms with Gasteiger partial charge in [0, 0.05) is 45.3 Å². The van der Waals surface area contributed by atoms with Gasteiger partial charge in [-0.2, -0.15) is 0 Å². The number of aromatic nitrogens is 1. The number of rotatable bonds is 3. The summed E-state index contributed by atoms with van der Waals surface area (Å²) in [5, 5.41) is 3.05. The van der Waals surface area contributed by atoms with E-state index in [1.54, 1.807) is 0 Å². The number of fused-ring (bicyclic) bond motifs is 1. The van der Waals surface area contributed by atoms with Crippen molar-refractivity contribution in [1.82, 2.24) is 14.8 Å².